The smallest absolute Gasteiger partial charge is 0.0786 e. The molecule has 2 aliphatic rings. The van der Waals surface area contributed by atoms with Gasteiger partial charge in [0.05, 0.1) is 26.2 Å². The molecule has 80 valence electrons. The van der Waals surface area contributed by atoms with Crippen LogP contribution in [0.2, 0.25) is 0 Å². The topological polar surface area (TPSA) is 23.8 Å². The van der Waals surface area contributed by atoms with Gasteiger partial charge in [-0.15, -0.1) is 0 Å². The van der Waals surface area contributed by atoms with Crippen molar-refractivity contribution in [3.63, 3.8) is 0 Å². The molecular weight excluding hydrogens is 192 g/mol. The average Bonchev–Trinajstić information content (AvgIpc) is 2.21. The first kappa shape index (κ1) is 11.7. The summed E-state index contributed by atoms with van der Waals surface area (Å²) >= 11 is 3.70. The van der Waals surface area contributed by atoms with Gasteiger partial charge in [-0.25, -0.2) is 5.26 Å². The van der Waals surface area contributed by atoms with Crippen molar-refractivity contribution < 1.29 is 4.48 Å². The van der Waals surface area contributed by atoms with Crippen LogP contribution in [0.25, 0.3) is 0 Å². The molecule has 0 aromatic heterocycles. The van der Waals surface area contributed by atoms with Crippen LogP contribution < -0.4 is 0 Å². The summed E-state index contributed by atoms with van der Waals surface area (Å²) in [4.78, 5) is 0. The first-order valence-corrected chi connectivity index (χ1v) is 6.10. The van der Waals surface area contributed by atoms with Gasteiger partial charge in [-0.1, -0.05) is 5.40 Å². The van der Waals surface area contributed by atoms with E-state index in [2.05, 4.69) is 12.6 Å². The van der Waals surface area contributed by atoms with Gasteiger partial charge in [-0.3, -0.25) is 0 Å². The van der Waals surface area contributed by atoms with Crippen molar-refractivity contribution in [1.29, 1.82) is 5.26 Å². The van der Waals surface area contributed by atoms with Gasteiger partial charge in [0.25, 0.3) is 0 Å². The molecule has 2 aliphatic heterocycles. The molecule has 2 heterocycles. The number of nitrogens with zero attached hydrogens (tertiary/aromatic N) is 2. The summed E-state index contributed by atoms with van der Waals surface area (Å²) in [7, 11) is 0. The van der Waals surface area contributed by atoms with E-state index in [0.717, 1.165) is 0 Å². The fourth-order valence-corrected chi connectivity index (χ4v) is 2.81. The van der Waals surface area contributed by atoms with Crippen molar-refractivity contribution in [3.05, 3.63) is 0 Å². The molecule has 1 spiro atoms. The third kappa shape index (κ3) is 3.43. The molecule has 2 saturated heterocycles. The van der Waals surface area contributed by atoms with Crippen LogP contribution in [0.15, 0.2) is 0 Å². The first-order valence-electron chi connectivity index (χ1n) is 5.69. The van der Waals surface area contributed by atoms with Crippen LogP contribution in [-0.2, 0) is 12.6 Å². The third-order valence-electron chi connectivity index (χ3n) is 3.53. The molecule has 0 unspecified atom stereocenters. The summed E-state index contributed by atoms with van der Waals surface area (Å²) in [6, 6.07) is 0. The number of thiocyanates is 1. The molecule has 2 rings (SSSR count). The van der Waals surface area contributed by atoms with Gasteiger partial charge in [0.2, 0.25) is 0 Å². The van der Waals surface area contributed by atoms with E-state index < -0.39 is 0 Å². The van der Waals surface area contributed by atoms with E-state index in [4.69, 9.17) is 5.26 Å². The highest BCUT2D eigenvalue weighted by atomic mass is 32.1. The minimum atomic E-state index is 1.33. The molecule has 0 saturated carbocycles. The van der Waals surface area contributed by atoms with E-state index in [1.54, 1.807) is 0 Å². The van der Waals surface area contributed by atoms with Crippen molar-refractivity contribution in [2.45, 2.75) is 38.5 Å². The quantitative estimate of drug-likeness (QED) is 0.349. The lowest BCUT2D eigenvalue weighted by Crippen LogP contribution is -2.54. The Morgan fingerprint density at radius 3 is 1.36 bits per heavy atom. The van der Waals surface area contributed by atoms with Crippen LogP contribution in [0, 0.1) is 10.7 Å². The standard InChI is InChI=1S/C10H20N.CHNS/c1-3-7-11(8-4-1)9-5-2-6-10-11;2-1-3/h1-10H2;3H/q+1;/p-1. The molecular formula is C11H20N2S. The zero-order chi connectivity index (χ0) is 10.3. The molecule has 14 heavy (non-hydrogen) atoms. The largest absolute Gasteiger partial charge is 0.696 e. The molecule has 0 radical (unpaired) electrons. The number of quaternary nitrogens is 1. The Labute approximate surface area is 92.9 Å². The lowest BCUT2D eigenvalue weighted by Gasteiger charge is -2.44. The highest BCUT2D eigenvalue weighted by Gasteiger charge is 2.30. The molecule has 3 heteroatoms. The van der Waals surface area contributed by atoms with Crippen LogP contribution in [0.3, 0.4) is 0 Å². The van der Waals surface area contributed by atoms with Crippen molar-refractivity contribution >= 4 is 12.6 Å². The van der Waals surface area contributed by atoms with Crippen molar-refractivity contribution in [1.82, 2.24) is 0 Å². The molecule has 0 aliphatic carbocycles. The maximum Gasteiger partial charge on any atom is 0.0786 e. The zero-order valence-electron chi connectivity index (χ0n) is 8.87. The van der Waals surface area contributed by atoms with Gasteiger partial charge in [0.1, 0.15) is 0 Å². The van der Waals surface area contributed by atoms with Gasteiger partial charge in [-0.05, 0) is 38.5 Å². The Balaban J connectivity index is 0.000000293. The van der Waals surface area contributed by atoms with Crippen molar-refractivity contribution in [2.75, 3.05) is 26.2 Å². The number of piperidine rings is 2. The van der Waals surface area contributed by atoms with Crippen molar-refractivity contribution in [3.8, 4) is 5.40 Å². The van der Waals surface area contributed by atoms with Crippen LogP contribution >= 0.6 is 0 Å². The highest BCUT2D eigenvalue weighted by Crippen LogP contribution is 2.24. The molecule has 0 aromatic carbocycles. The van der Waals surface area contributed by atoms with E-state index in [-0.39, 0.29) is 0 Å². The molecule has 0 N–H and O–H groups in total. The second-order valence-electron chi connectivity index (χ2n) is 4.45. The fourth-order valence-electron chi connectivity index (χ4n) is 2.81. The second kappa shape index (κ2) is 6.21. The number of rotatable bonds is 0. The lowest BCUT2D eigenvalue weighted by atomic mass is 10.0. The predicted octanol–water partition coefficient (Wildman–Crippen LogP) is 2.19. The Morgan fingerprint density at radius 2 is 1.07 bits per heavy atom. The molecule has 2 nitrogen and oxygen atoms in total. The molecule has 2 fully saturated rings. The normalized spacial score (nSPS) is 24.5. The maximum atomic E-state index is 7.13. The van der Waals surface area contributed by atoms with Gasteiger partial charge >= 0.3 is 0 Å². The SMILES string of the molecule is C1CC[N+]2(CC1)CCCCC2.N#C[S-]. The minimum absolute atomic E-state index is 1.33. The predicted molar refractivity (Wildman–Crippen MR) is 60.4 cm³/mol. The Hall–Kier alpha value is -0.330. The molecule has 0 aromatic rings. The Bertz CT molecular complexity index is 166. The van der Waals surface area contributed by atoms with Crippen LogP contribution in [0.4, 0.5) is 0 Å². The van der Waals surface area contributed by atoms with E-state index in [9.17, 15) is 0 Å². The summed E-state index contributed by atoms with van der Waals surface area (Å²) in [6.07, 6.45) is 9.00. The number of nitriles is 1. The van der Waals surface area contributed by atoms with E-state index in [1.165, 1.54) is 74.6 Å². The molecule has 0 atom stereocenters. The Kier molecular flexibility index (Phi) is 5.21. The fraction of sp³-hybridized carbons (Fsp3) is 0.909. The van der Waals surface area contributed by atoms with Gasteiger partial charge in [0.15, 0.2) is 0 Å². The summed E-state index contributed by atoms with van der Waals surface area (Å²) < 4.78 is 1.50. The summed E-state index contributed by atoms with van der Waals surface area (Å²) in [6.45, 7) is 6.00. The molecule has 0 bridgehead atoms. The van der Waals surface area contributed by atoms with Crippen LogP contribution in [0.5, 0.6) is 0 Å². The summed E-state index contributed by atoms with van der Waals surface area (Å²) in [5, 5.41) is 8.47. The van der Waals surface area contributed by atoms with E-state index in [0.29, 0.717) is 0 Å². The van der Waals surface area contributed by atoms with Gasteiger partial charge in [0, 0.05) is 0 Å². The summed E-state index contributed by atoms with van der Waals surface area (Å²) in [5.74, 6) is 0. The van der Waals surface area contributed by atoms with Crippen LogP contribution in [-0.4, -0.2) is 30.7 Å². The van der Waals surface area contributed by atoms with Gasteiger partial charge in [-0.2, -0.15) is 0 Å². The van der Waals surface area contributed by atoms with Crippen molar-refractivity contribution in [2.24, 2.45) is 0 Å². The lowest BCUT2D eigenvalue weighted by molar-refractivity contribution is -0.936. The monoisotopic (exact) mass is 212 g/mol. The Morgan fingerprint density at radius 1 is 0.786 bits per heavy atom. The average molecular weight is 212 g/mol. The zero-order valence-corrected chi connectivity index (χ0v) is 9.69. The van der Waals surface area contributed by atoms with Gasteiger partial charge < -0.3 is 17.1 Å². The first-order chi connectivity index (χ1) is 6.83. The second-order valence-corrected chi connectivity index (χ2v) is 4.63. The summed E-state index contributed by atoms with van der Waals surface area (Å²) in [5.41, 5.74) is 0. The minimum Gasteiger partial charge on any atom is -0.696 e. The maximum absolute atomic E-state index is 7.13. The van der Waals surface area contributed by atoms with Crippen LogP contribution in [0.1, 0.15) is 38.5 Å². The number of hydrogen-bond acceptors (Lipinski definition) is 2. The van der Waals surface area contributed by atoms with E-state index >= 15 is 0 Å². The number of hydrogen-bond donors (Lipinski definition) is 0. The van der Waals surface area contributed by atoms with E-state index in [1.807, 2.05) is 0 Å². The third-order valence-corrected chi connectivity index (χ3v) is 3.53. The highest BCUT2D eigenvalue weighted by molar-refractivity contribution is 7.64. The molecule has 0 amide bonds.